The summed E-state index contributed by atoms with van der Waals surface area (Å²) in [6.07, 6.45) is -1.09. The maximum Gasteiger partial charge on any atom is 0.338 e. The highest BCUT2D eigenvalue weighted by molar-refractivity contribution is 7.89. The summed E-state index contributed by atoms with van der Waals surface area (Å²) in [5.41, 5.74) is 5.00. The number of carbonyl (C=O) groups excluding carboxylic acids is 2. The highest BCUT2D eigenvalue weighted by Crippen LogP contribution is 2.13. The first-order valence-corrected chi connectivity index (χ1v) is 7.36. The quantitative estimate of drug-likeness (QED) is 0.718. The average Bonchev–Trinajstić information content (AvgIpc) is 2.38. The molecular weight excluding hydrogens is 284 g/mol. The Labute approximate surface area is 117 Å². The molecule has 0 aliphatic rings. The summed E-state index contributed by atoms with van der Waals surface area (Å²) in [6, 6.07) is 5.33. The summed E-state index contributed by atoms with van der Waals surface area (Å²) >= 11 is 0. The minimum Gasteiger partial charge on any atom is -0.449 e. The van der Waals surface area contributed by atoms with E-state index in [4.69, 9.17) is 10.5 Å². The number of esters is 1. The van der Waals surface area contributed by atoms with Crippen molar-refractivity contribution in [2.24, 2.45) is 5.73 Å². The number of sulfonamides is 1. The van der Waals surface area contributed by atoms with Crippen LogP contribution in [0, 0.1) is 0 Å². The maximum atomic E-state index is 11.8. The fourth-order valence-corrected chi connectivity index (χ4v) is 2.44. The molecule has 0 bridgehead atoms. The molecule has 0 unspecified atom stereocenters. The van der Waals surface area contributed by atoms with Crippen molar-refractivity contribution in [2.45, 2.75) is 24.8 Å². The van der Waals surface area contributed by atoms with Gasteiger partial charge in [0.05, 0.1) is 10.5 Å². The lowest BCUT2D eigenvalue weighted by Crippen LogP contribution is -2.30. The third kappa shape index (κ3) is 4.04. The molecule has 0 aliphatic carbocycles. The van der Waals surface area contributed by atoms with Crippen LogP contribution in [0.15, 0.2) is 29.2 Å². The molecule has 1 aromatic carbocycles. The number of primary amides is 1. The van der Waals surface area contributed by atoms with E-state index in [1.54, 1.807) is 6.92 Å². The van der Waals surface area contributed by atoms with E-state index < -0.39 is 28.0 Å². The lowest BCUT2D eigenvalue weighted by Gasteiger charge is -2.10. The monoisotopic (exact) mass is 300 g/mol. The predicted octanol–water partition coefficient (Wildman–Crippen LogP) is 0.0154. The third-order valence-electron chi connectivity index (χ3n) is 2.40. The molecular formula is C12H16N2O5S. The second-order valence-electron chi connectivity index (χ2n) is 3.98. The smallest absolute Gasteiger partial charge is 0.338 e. The molecule has 3 N–H and O–H groups in total. The first-order valence-electron chi connectivity index (χ1n) is 5.88. The highest BCUT2D eigenvalue weighted by atomic mass is 32.2. The molecule has 0 saturated carbocycles. The molecule has 1 amide bonds. The van der Waals surface area contributed by atoms with E-state index >= 15 is 0 Å². The molecule has 0 spiro atoms. The van der Waals surface area contributed by atoms with Crippen LogP contribution < -0.4 is 10.5 Å². The summed E-state index contributed by atoms with van der Waals surface area (Å²) in [7, 11) is -3.66. The van der Waals surface area contributed by atoms with Crippen LogP contribution in [-0.2, 0) is 19.6 Å². The molecule has 8 heteroatoms. The van der Waals surface area contributed by atoms with Crippen molar-refractivity contribution in [1.29, 1.82) is 0 Å². The van der Waals surface area contributed by atoms with E-state index in [-0.39, 0.29) is 17.0 Å². The Balaban J connectivity index is 2.99. The fourth-order valence-electron chi connectivity index (χ4n) is 1.35. The van der Waals surface area contributed by atoms with Gasteiger partial charge in [0.25, 0.3) is 5.91 Å². The van der Waals surface area contributed by atoms with Gasteiger partial charge in [0.15, 0.2) is 6.10 Å². The van der Waals surface area contributed by atoms with E-state index in [2.05, 4.69) is 4.72 Å². The Bertz CT molecular complexity index is 612. The van der Waals surface area contributed by atoms with Gasteiger partial charge in [-0.25, -0.2) is 17.9 Å². The molecule has 0 saturated heterocycles. The molecule has 1 atom stereocenters. The maximum absolute atomic E-state index is 11.8. The SMILES string of the molecule is CCNS(=O)(=O)c1cccc(C(=O)O[C@@H](C)C(N)=O)c1. The zero-order valence-electron chi connectivity index (χ0n) is 11.1. The molecule has 110 valence electrons. The van der Waals surface area contributed by atoms with E-state index in [1.807, 2.05) is 0 Å². The number of hydrogen-bond donors (Lipinski definition) is 2. The number of carbonyl (C=O) groups is 2. The minimum atomic E-state index is -3.66. The van der Waals surface area contributed by atoms with Crippen molar-refractivity contribution in [2.75, 3.05) is 6.54 Å². The number of hydrogen-bond acceptors (Lipinski definition) is 5. The van der Waals surface area contributed by atoms with Crippen LogP contribution in [0.3, 0.4) is 0 Å². The molecule has 0 radical (unpaired) electrons. The average molecular weight is 300 g/mol. The van der Waals surface area contributed by atoms with Crippen molar-refractivity contribution in [1.82, 2.24) is 4.72 Å². The summed E-state index contributed by atoms with van der Waals surface area (Å²) in [6.45, 7) is 3.21. The highest BCUT2D eigenvalue weighted by Gasteiger charge is 2.19. The molecule has 20 heavy (non-hydrogen) atoms. The normalized spacial score (nSPS) is 12.7. The predicted molar refractivity (Wildman–Crippen MR) is 71.4 cm³/mol. The Hall–Kier alpha value is -1.93. The van der Waals surface area contributed by atoms with Crippen LogP contribution in [-0.4, -0.2) is 32.9 Å². The number of rotatable bonds is 6. The first kappa shape index (κ1) is 16.1. The summed E-state index contributed by atoms with van der Waals surface area (Å²) < 4.78 is 30.7. The van der Waals surface area contributed by atoms with Crippen molar-refractivity contribution in [3.05, 3.63) is 29.8 Å². The van der Waals surface area contributed by atoms with Crippen molar-refractivity contribution in [3.8, 4) is 0 Å². The van der Waals surface area contributed by atoms with Gasteiger partial charge in [-0.05, 0) is 25.1 Å². The number of ether oxygens (including phenoxy) is 1. The van der Waals surface area contributed by atoms with E-state index in [9.17, 15) is 18.0 Å². The number of benzene rings is 1. The van der Waals surface area contributed by atoms with Crippen LogP contribution in [0.5, 0.6) is 0 Å². The Kier molecular flexibility index (Phi) is 5.23. The van der Waals surface area contributed by atoms with Gasteiger partial charge in [-0.2, -0.15) is 0 Å². The molecule has 0 fully saturated rings. The lowest BCUT2D eigenvalue weighted by molar-refractivity contribution is -0.125. The number of nitrogens with one attached hydrogen (secondary N) is 1. The summed E-state index contributed by atoms with van der Waals surface area (Å²) in [5.74, 6) is -1.60. The molecule has 0 heterocycles. The Morgan fingerprint density at radius 2 is 2.05 bits per heavy atom. The van der Waals surface area contributed by atoms with Gasteiger partial charge in [0, 0.05) is 6.54 Å². The van der Waals surface area contributed by atoms with Crippen molar-refractivity contribution >= 4 is 21.9 Å². The standard InChI is InChI=1S/C12H16N2O5S/c1-3-14-20(17,18)10-6-4-5-9(7-10)12(16)19-8(2)11(13)15/h4-8,14H,3H2,1-2H3,(H2,13,15)/t8-/m0/s1. The molecule has 1 rings (SSSR count). The van der Waals surface area contributed by atoms with Gasteiger partial charge >= 0.3 is 5.97 Å². The van der Waals surface area contributed by atoms with Crippen LogP contribution in [0.1, 0.15) is 24.2 Å². The Morgan fingerprint density at radius 1 is 1.40 bits per heavy atom. The number of nitrogens with two attached hydrogens (primary N) is 1. The van der Waals surface area contributed by atoms with Crippen molar-refractivity contribution < 1.29 is 22.7 Å². The van der Waals surface area contributed by atoms with Gasteiger partial charge in [-0.1, -0.05) is 13.0 Å². The van der Waals surface area contributed by atoms with Crippen LogP contribution in [0.4, 0.5) is 0 Å². The van der Waals surface area contributed by atoms with Crippen LogP contribution in [0.2, 0.25) is 0 Å². The van der Waals surface area contributed by atoms with Crippen molar-refractivity contribution in [3.63, 3.8) is 0 Å². The van der Waals surface area contributed by atoms with Crippen LogP contribution >= 0.6 is 0 Å². The van der Waals surface area contributed by atoms with Gasteiger partial charge in [-0.15, -0.1) is 0 Å². The number of amides is 1. The van der Waals surface area contributed by atoms with E-state index in [0.29, 0.717) is 0 Å². The first-order chi connectivity index (χ1) is 9.27. The van der Waals surface area contributed by atoms with E-state index in [0.717, 1.165) is 0 Å². The molecule has 0 aliphatic heterocycles. The van der Waals surface area contributed by atoms with E-state index in [1.165, 1.54) is 31.2 Å². The summed E-state index contributed by atoms with van der Waals surface area (Å²) in [4.78, 5) is 22.5. The zero-order chi connectivity index (χ0) is 15.3. The zero-order valence-corrected chi connectivity index (χ0v) is 11.9. The third-order valence-corrected chi connectivity index (χ3v) is 3.94. The molecule has 0 aromatic heterocycles. The minimum absolute atomic E-state index is 0.0251. The molecule has 7 nitrogen and oxygen atoms in total. The second-order valence-corrected chi connectivity index (χ2v) is 5.75. The fraction of sp³-hybridized carbons (Fsp3) is 0.333. The lowest BCUT2D eigenvalue weighted by atomic mass is 10.2. The van der Waals surface area contributed by atoms with Gasteiger partial charge < -0.3 is 10.5 Å². The topological polar surface area (TPSA) is 116 Å². The Morgan fingerprint density at radius 3 is 2.60 bits per heavy atom. The van der Waals surface area contributed by atoms with Gasteiger partial charge in [0.1, 0.15) is 0 Å². The second kappa shape index (κ2) is 6.49. The summed E-state index contributed by atoms with van der Waals surface area (Å²) in [5, 5.41) is 0. The van der Waals surface area contributed by atoms with Gasteiger partial charge in [-0.3, -0.25) is 4.79 Å². The molecule has 1 aromatic rings. The van der Waals surface area contributed by atoms with Crippen LogP contribution in [0.25, 0.3) is 0 Å². The largest absolute Gasteiger partial charge is 0.449 e. The van der Waals surface area contributed by atoms with Gasteiger partial charge in [0.2, 0.25) is 10.0 Å².